The lowest BCUT2D eigenvalue weighted by molar-refractivity contribution is 0.396. The summed E-state index contributed by atoms with van der Waals surface area (Å²) in [5.41, 5.74) is 9.66. The Morgan fingerprint density at radius 1 is 1.00 bits per heavy atom. The maximum absolute atomic E-state index is 5.71. The fraction of sp³-hybridized carbons (Fsp3) is 0.500. The maximum Gasteiger partial charge on any atom is 0.222 e. The van der Waals surface area contributed by atoms with Crippen LogP contribution < -0.4 is 10.5 Å². The average Bonchev–Trinajstić information content (AvgIpc) is 2.81. The summed E-state index contributed by atoms with van der Waals surface area (Å²) < 4.78 is 10.8. The molecule has 2 aromatic rings. The van der Waals surface area contributed by atoms with Crippen molar-refractivity contribution in [1.29, 1.82) is 0 Å². The van der Waals surface area contributed by atoms with Crippen molar-refractivity contribution < 1.29 is 9.26 Å². The molecule has 0 amide bonds. The van der Waals surface area contributed by atoms with E-state index >= 15 is 0 Å². The van der Waals surface area contributed by atoms with Gasteiger partial charge in [-0.15, -0.1) is 0 Å². The molecular formula is C18H26N2O2. The van der Waals surface area contributed by atoms with E-state index in [-0.39, 0.29) is 10.8 Å². The molecule has 1 aromatic carbocycles. The molecule has 0 aliphatic carbocycles. The Labute approximate surface area is 132 Å². The quantitative estimate of drug-likeness (QED) is 0.885. The van der Waals surface area contributed by atoms with Crippen LogP contribution in [0.4, 0.5) is 5.88 Å². The second-order valence-corrected chi connectivity index (χ2v) is 7.72. The predicted molar refractivity (Wildman–Crippen MR) is 90.3 cm³/mol. The summed E-state index contributed by atoms with van der Waals surface area (Å²) in [6, 6.07) is 6.08. The van der Waals surface area contributed by atoms with Gasteiger partial charge in [0.05, 0.1) is 7.11 Å². The van der Waals surface area contributed by atoms with Gasteiger partial charge in [-0.05, 0) is 22.5 Å². The fourth-order valence-electron chi connectivity index (χ4n) is 2.45. The standard InChI is InChI=1S/C18H26N2O2/c1-17(2,3)11-8-12(14-10-15(19)22-20-14)16(21-7)13(9-11)18(4,5)6/h8-10H,19H2,1-7H3. The highest BCUT2D eigenvalue weighted by molar-refractivity contribution is 5.72. The lowest BCUT2D eigenvalue weighted by Crippen LogP contribution is -2.18. The van der Waals surface area contributed by atoms with E-state index in [1.54, 1.807) is 13.2 Å². The summed E-state index contributed by atoms with van der Waals surface area (Å²) in [6.07, 6.45) is 0. The Balaban J connectivity index is 2.80. The molecule has 0 radical (unpaired) electrons. The van der Waals surface area contributed by atoms with Crippen LogP contribution in [0.3, 0.4) is 0 Å². The smallest absolute Gasteiger partial charge is 0.222 e. The highest BCUT2D eigenvalue weighted by Crippen LogP contribution is 2.42. The Morgan fingerprint density at radius 3 is 2.05 bits per heavy atom. The third kappa shape index (κ3) is 3.11. The van der Waals surface area contributed by atoms with Gasteiger partial charge in [0, 0.05) is 17.2 Å². The first-order valence-electron chi connectivity index (χ1n) is 7.49. The molecule has 0 saturated heterocycles. The van der Waals surface area contributed by atoms with Gasteiger partial charge in [0.2, 0.25) is 5.88 Å². The van der Waals surface area contributed by atoms with E-state index in [0.717, 1.165) is 16.9 Å². The first kappa shape index (κ1) is 16.4. The topological polar surface area (TPSA) is 61.3 Å². The Hall–Kier alpha value is -1.97. The Bertz CT molecular complexity index is 673. The summed E-state index contributed by atoms with van der Waals surface area (Å²) in [5, 5.41) is 4.06. The van der Waals surface area contributed by atoms with Crippen molar-refractivity contribution in [3.8, 4) is 17.0 Å². The molecule has 4 heteroatoms. The highest BCUT2D eigenvalue weighted by Gasteiger charge is 2.27. The van der Waals surface area contributed by atoms with Crippen LogP contribution in [0.2, 0.25) is 0 Å². The number of nitrogens with zero attached hydrogens (tertiary/aromatic N) is 1. The third-order valence-corrected chi connectivity index (χ3v) is 3.77. The van der Waals surface area contributed by atoms with Crippen molar-refractivity contribution in [2.45, 2.75) is 52.4 Å². The number of hydrogen-bond acceptors (Lipinski definition) is 4. The number of hydrogen-bond donors (Lipinski definition) is 1. The monoisotopic (exact) mass is 302 g/mol. The Kier molecular flexibility index (Phi) is 3.98. The molecule has 2 rings (SSSR count). The minimum atomic E-state index is -0.0450. The van der Waals surface area contributed by atoms with E-state index in [0.29, 0.717) is 11.6 Å². The number of ether oxygens (including phenoxy) is 1. The predicted octanol–water partition coefficient (Wildman–Crippen LogP) is 4.53. The number of nitrogen functional groups attached to an aromatic ring is 1. The van der Waals surface area contributed by atoms with Crippen LogP contribution >= 0.6 is 0 Å². The van der Waals surface area contributed by atoms with Crippen LogP contribution in [0.15, 0.2) is 22.7 Å². The molecule has 0 aliphatic rings. The normalized spacial score (nSPS) is 12.5. The number of benzene rings is 1. The molecule has 1 aromatic heterocycles. The second-order valence-electron chi connectivity index (χ2n) is 7.72. The summed E-state index contributed by atoms with van der Waals surface area (Å²) in [4.78, 5) is 0. The number of anilines is 1. The zero-order valence-corrected chi connectivity index (χ0v) is 14.6. The van der Waals surface area contributed by atoms with Gasteiger partial charge in [-0.2, -0.15) is 0 Å². The van der Waals surface area contributed by atoms with Crippen molar-refractivity contribution in [2.24, 2.45) is 0 Å². The highest BCUT2D eigenvalue weighted by atomic mass is 16.5. The van der Waals surface area contributed by atoms with Crippen LogP contribution in [0.5, 0.6) is 5.75 Å². The lowest BCUT2D eigenvalue weighted by Gasteiger charge is -2.28. The SMILES string of the molecule is COc1c(-c2cc(N)on2)cc(C(C)(C)C)cc1C(C)(C)C. The van der Waals surface area contributed by atoms with Crippen molar-refractivity contribution in [3.63, 3.8) is 0 Å². The summed E-state index contributed by atoms with van der Waals surface area (Å²) in [6.45, 7) is 13.1. The van der Waals surface area contributed by atoms with Crippen molar-refractivity contribution in [1.82, 2.24) is 5.16 Å². The molecule has 4 nitrogen and oxygen atoms in total. The van der Waals surface area contributed by atoms with E-state index in [1.165, 1.54) is 5.56 Å². The maximum atomic E-state index is 5.71. The molecule has 0 aliphatic heterocycles. The number of nitrogens with two attached hydrogens (primary N) is 1. The van der Waals surface area contributed by atoms with E-state index in [9.17, 15) is 0 Å². The van der Waals surface area contributed by atoms with Gasteiger partial charge in [-0.3, -0.25) is 0 Å². The van der Waals surface area contributed by atoms with Crippen LogP contribution in [0.25, 0.3) is 11.3 Å². The van der Waals surface area contributed by atoms with Gasteiger partial charge in [-0.1, -0.05) is 52.8 Å². The Morgan fingerprint density at radius 2 is 1.64 bits per heavy atom. The molecule has 1 heterocycles. The molecule has 120 valence electrons. The van der Waals surface area contributed by atoms with E-state index in [2.05, 4.69) is 58.8 Å². The average molecular weight is 302 g/mol. The molecule has 0 bridgehead atoms. The largest absolute Gasteiger partial charge is 0.496 e. The zero-order valence-electron chi connectivity index (χ0n) is 14.6. The molecular weight excluding hydrogens is 276 g/mol. The number of rotatable bonds is 2. The second kappa shape index (κ2) is 5.34. The minimum absolute atomic E-state index is 0.0241. The van der Waals surface area contributed by atoms with E-state index < -0.39 is 0 Å². The molecule has 0 unspecified atom stereocenters. The van der Waals surface area contributed by atoms with Crippen molar-refractivity contribution in [3.05, 3.63) is 29.3 Å². The van der Waals surface area contributed by atoms with Gasteiger partial charge in [0.25, 0.3) is 0 Å². The van der Waals surface area contributed by atoms with Crippen LogP contribution in [-0.2, 0) is 10.8 Å². The lowest BCUT2D eigenvalue weighted by atomic mass is 9.78. The van der Waals surface area contributed by atoms with Crippen molar-refractivity contribution in [2.75, 3.05) is 12.8 Å². The van der Waals surface area contributed by atoms with Crippen molar-refractivity contribution >= 4 is 5.88 Å². The molecule has 0 spiro atoms. The first-order valence-corrected chi connectivity index (χ1v) is 7.49. The van der Waals surface area contributed by atoms with Crippen LogP contribution in [-0.4, -0.2) is 12.3 Å². The van der Waals surface area contributed by atoms with Crippen LogP contribution in [0, 0.1) is 0 Å². The molecule has 0 atom stereocenters. The molecule has 2 N–H and O–H groups in total. The minimum Gasteiger partial charge on any atom is -0.496 e. The van der Waals surface area contributed by atoms with Gasteiger partial charge in [-0.25, -0.2) is 0 Å². The fourth-order valence-corrected chi connectivity index (χ4v) is 2.45. The molecule has 0 fully saturated rings. The van der Waals surface area contributed by atoms with Gasteiger partial charge < -0.3 is 15.0 Å². The summed E-state index contributed by atoms with van der Waals surface area (Å²) in [7, 11) is 1.69. The molecule has 0 saturated carbocycles. The van der Waals surface area contributed by atoms with Gasteiger partial charge in [0.15, 0.2) is 0 Å². The van der Waals surface area contributed by atoms with Gasteiger partial charge in [0.1, 0.15) is 11.4 Å². The van der Waals surface area contributed by atoms with Crippen LogP contribution in [0.1, 0.15) is 52.7 Å². The summed E-state index contributed by atoms with van der Waals surface area (Å²) in [5.74, 6) is 1.13. The van der Waals surface area contributed by atoms with E-state index in [4.69, 9.17) is 15.0 Å². The first-order chi connectivity index (χ1) is 10.0. The number of aromatic nitrogens is 1. The summed E-state index contributed by atoms with van der Waals surface area (Å²) >= 11 is 0. The zero-order chi connectivity index (χ0) is 16.7. The molecule has 22 heavy (non-hydrogen) atoms. The third-order valence-electron chi connectivity index (χ3n) is 3.77. The number of methoxy groups -OCH3 is 1. The van der Waals surface area contributed by atoms with E-state index in [1.807, 2.05) is 0 Å². The van der Waals surface area contributed by atoms with Gasteiger partial charge >= 0.3 is 0 Å².